The maximum absolute atomic E-state index is 11.2. The van der Waals surface area contributed by atoms with Crippen LogP contribution in [0.2, 0.25) is 0 Å². The fourth-order valence-corrected chi connectivity index (χ4v) is 3.53. The average molecular weight is 430 g/mol. The lowest BCUT2D eigenvalue weighted by Gasteiger charge is -2.24. The quantitative estimate of drug-likeness (QED) is 0.315. The van der Waals surface area contributed by atoms with Crippen molar-refractivity contribution in [2.24, 2.45) is 0 Å². The van der Waals surface area contributed by atoms with Gasteiger partial charge in [-0.1, -0.05) is 56.2 Å². The molecule has 0 amide bonds. The molecule has 2 aromatic carbocycles. The lowest BCUT2D eigenvalue weighted by molar-refractivity contribution is 0.0693. The van der Waals surface area contributed by atoms with Gasteiger partial charge in [0, 0.05) is 12.6 Å². The normalized spacial score (nSPS) is 13.1. The van der Waals surface area contributed by atoms with Crippen LogP contribution in [0.25, 0.3) is 0 Å². The smallest absolute Gasteiger partial charge is 0.339 e. The Morgan fingerprint density at radius 1 is 1.03 bits per heavy atom. The van der Waals surface area contributed by atoms with Gasteiger partial charge in [0.25, 0.3) is 0 Å². The van der Waals surface area contributed by atoms with Crippen LogP contribution in [0.5, 0.6) is 5.75 Å². The van der Waals surface area contributed by atoms with Gasteiger partial charge < -0.3 is 25.4 Å². The maximum Gasteiger partial charge on any atom is 0.339 e. The molecule has 6 heteroatoms. The zero-order valence-electron chi connectivity index (χ0n) is 18.3. The van der Waals surface area contributed by atoms with Crippen LogP contribution in [0.1, 0.15) is 66.6 Å². The highest BCUT2D eigenvalue weighted by Gasteiger charge is 2.21. The molecular formula is C25H35NO5. The molecule has 170 valence electrons. The number of rotatable bonds is 15. The first-order valence-electron chi connectivity index (χ1n) is 11.1. The zero-order chi connectivity index (χ0) is 22.5. The monoisotopic (exact) mass is 429 g/mol. The van der Waals surface area contributed by atoms with Crippen LogP contribution in [-0.4, -0.2) is 47.1 Å². The van der Waals surface area contributed by atoms with Crippen molar-refractivity contribution >= 4 is 5.97 Å². The molecule has 0 fully saturated rings. The second-order valence-corrected chi connectivity index (χ2v) is 7.76. The molecular weight excluding hydrogens is 394 g/mol. The number of aromatic carboxylic acids is 1. The third kappa shape index (κ3) is 8.69. The highest BCUT2D eigenvalue weighted by Crippen LogP contribution is 2.25. The van der Waals surface area contributed by atoms with Gasteiger partial charge in [0.15, 0.2) is 0 Å². The lowest BCUT2D eigenvalue weighted by atomic mass is 9.98. The van der Waals surface area contributed by atoms with Crippen LogP contribution in [0.4, 0.5) is 0 Å². The predicted octanol–water partition coefficient (Wildman–Crippen LogP) is 4.31. The van der Waals surface area contributed by atoms with E-state index in [0.29, 0.717) is 12.0 Å². The molecule has 0 spiro atoms. The third-order valence-electron chi connectivity index (χ3n) is 5.41. The summed E-state index contributed by atoms with van der Waals surface area (Å²) in [5, 5.41) is 32.8. The van der Waals surface area contributed by atoms with Gasteiger partial charge in [-0.05, 0) is 55.5 Å². The van der Waals surface area contributed by atoms with E-state index in [4.69, 9.17) is 9.84 Å². The standard InChI is InChI=1S/C25H35NO5/c1-2-22(24(28)20-12-13-23(27)21(18-20)25(29)30)26-15-8-3-4-9-16-31-17-14-19-10-6-5-7-11-19/h5-7,10-13,18,22,24,26-28H,2-4,8-9,14-17H2,1H3,(H,29,30). The Balaban J connectivity index is 1.59. The Bertz CT molecular complexity index is 781. The van der Waals surface area contributed by atoms with Crippen molar-refractivity contribution in [3.63, 3.8) is 0 Å². The van der Waals surface area contributed by atoms with Crippen molar-refractivity contribution in [3.8, 4) is 5.75 Å². The number of unbranched alkanes of at least 4 members (excludes halogenated alkanes) is 3. The number of benzene rings is 2. The Kier molecular flexibility index (Phi) is 11.1. The van der Waals surface area contributed by atoms with E-state index in [-0.39, 0.29) is 17.4 Å². The molecule has 6 nitrogen and oxygen atoms in total. The molecule has 4 N–H and O–H groups in total. The highest BCUT2D eigenvalue weighted by atomic mass is 16.5. The fourth-order valence-electron chi connectivity index (χ4n) is 3.53. The topological polar surface area (TPSA) is 99.0 Å². The average Bonchev–Trinajstić information content (AvgIpc) is 2.78. The number of nitrogens with one attached hydrogen (secondary N) is 1. The summed E-state index contributed by atoms with van der Waals surface area (Å²) < 4.78 is 5.71. The number of hydrogen-bond donors (Lipinski definition) is 4. The van der Waals surface area contributed by atoms with Gasteiger partial charge in [0.1, 0.15) is 11.3 Å². The molecule has 0 saturated heterocycles. The van der Waals surface area contributed by atoms with Gasteiger partial charge in [-0.15, -0.1) is 0 Å². The van der Waals surface area contributed by atoms with Crippen molar-refractivity contribution in [1.29, 1.82) is 0 Å². The molecule has 0 aliphatic rings. The van der Waals surface area contributed by atoms with Crippen molar-refractivity contribution in [2.45, 2.75) is 57.6 Å². The Labute approximate surface area is 184 Å². The van der Waals surface area contributed by atoms with Crippen molar-refractivity contribution < 1.29 is 24.9 Å². The molecule has 0 saturated carbocycles. The molecule has 31 heavy (non-hydrogen) atoms. The van der Waals surface area contributed by atoms with E-state index in [0.717, 1.165) is 51.9 Å². The van der Waals surface area contributed by atoms with Crippen LogP contribution >= 0.6 is 0 Å². The summed E-state index contributed by atoms with van der Waals surface area (Å²) in [6.07, 6.45) is 5.06. The Morgan fingerprint density at radius 2 is 1.77 bits per heavy atom. The minimum atomic E-state index is -1.21. The van der Waals surface area contributed by atoms with Gasteiger partial charge in [0.2, 0.25) is 0 Å². The number of carboxylic acid groups (broad SMARTS) is 1. The van der Waals surface area contributed by atoms with E-state index in [1.54, 1.807) is 6.07 Å². The molecule has 0 heterocycles. The molecule has 0 aromatic heterocycles. The second kappa shape index (κ2) is 13.8. The summed E-state index contributed by atoms with van der Waals surface area (Å²) in [6, 6.07) is 14.4. The largest absolute Gasteiger partial charge is 0.507 e. The predicted molar refractivity (Wildman–Crippen MR) is 122 cm³/mol. The molecule has 0 radical (unpaired) electrons. The summed E-state index contributed by atoms with van der Waals surface area (Å²) in [5.41, 5.74) is 1.59. The van der Waals surface area contributed by atoms with E-state index in [2.05, 4.69) is 17.4 Å². The minimum absolute atomic E-state index is 0.174. The number of aliphatic hydroxyl groups excluding tert-OH is 1. The van der Waals surface area contributed by atoms with E-state index >= 15 is 0 Å². The number of ether oxygens (including phenoxy) is 1. The minimum Gasteiger partial charge on any atom is -0.507 e. The Hall–Kier alpha value is -2.41. The molecule has 0 bridgehead atoms. The number of phenols is 1. The second-order valence-electron chi connectivity index (χ2n) is 7.76. The van der Waals surface area contributed by atoms with Crippen molar-refractivity contribution in [1.82, 2.24) is 5.32 Å². The van der Waals surface area contributed by atoms with Crippen LogP contribution < -0.4 is 5.32 Å². The Morgan fingerprint density at radius 3 is 2.48 bits per heavy atom. The number of carbonyl (C=O) groups is 1. The van der Waals surface area contributed by atoms with E-state index in [1.807, 2.05) is 25.1 Å². The number of aromatic hydroxyl groups is 1. The summed E-state index contributed by atoms with van der Waals surface area (Å²) >= 11 is 0. The van der Waals surface area contributed by atoms with Crippen LogP contribution in [0.15, 0.2) is 48.5 Å². The van der Waals surface area contributed by atoms with E-state index in [9.17, 15) is 15.0 Å². The number of aliphatic hydroxyl groups is 1. The summed E-state index contributed by atoms with van der Waals surface area (Å²) in [7, 11) is 0. The van der Waals surface area contributed by atoms with E-state index < -0.39 is 12.1 Å². The van der Waals surface area contributed by atoms with Gasteiger partial charge in [-0.2, -0.15) is 0 Å². The molecule has 2 aromatic rings. The molecule has 0 aliphatic heterocycles. The summed E-state index contributed by atoms with van der Waals surface area (Å²) in [5.74, 6) is -1.51. The molecule has 2 rings (SSSR count). The fraction of sp³-hybridized carbons (Fsp3) is 0.480. The van der Waals surface area contributed by atoms with Gasteiger partial charge >= 0.3 is 5.97 Å². The maximum atomic E-state index is 11.2. The van der Waals surface area contributed by atoms with Gasteiger partial charge in [0.05, 0.1) is 12.7 Å². The third-order valence-corrected chi connectivity index (χ3v) is 5.41. The molecule has 0 aliphatic carbocycles. The first kappa shape index (κ1) is 24.9. The lowest BCUT2D eigenvalue weighted by Crippen LogP contribution is -2.35. The van der Waals surface area contributed by atoms with E-state index in [1.165, 1.54) is 17.7 Å². The summed E-state index contributed by atoms with van der Waals surface area (Å²) in [6.45, 7) is 4.30. The number of hydrogen-bond acceptors (Lipinski definition) is 5. The zero-order valence-corrected chi connectivity index (χ0v) is 18.3. The van der Waals surface area contributed by atoms with Crippen LogP contribution in [-0.2, 0) is 11.2 Å². The van der Waals surface area contributed by atoms with Crippen molar-refractivity contribution in [2.75, 3.05) is 19.8 Å². The SMILES string of the molecule is CCC(NCCCCCCOCCc1ccccc1)C(O)c1ccc(O)c(C(=O)O)c1. The summed E-state index contributed by atoms with van der Waals surface area (Å²) in [4.78, 5) is 11.2. The molecule has 2 unspecified atom stereocenters. The highest BCUT2D eigenvalue weighted by molar-refractivity contribution is 5.90. The van der Waals surface area contributed by atoms with Gasteiger partial charge in [-0.25, -0.2) is 4.79 Å². The first-order valence-corrected chi connectivity index (χ1v) is 11.1. The van der Waals surface area contributed by atoms with Crippen LogP contribution in [0.3, 0.4) is 0 Å². The van der Waals surface area contributed by atoms with Crippen molar-refractivity contribution in [3.05, 3.63) is 65.2 Å². The van der Waals surface area contributed by atoms with Crippen LogP contribution in [0, 0.1) is 0 Å². The molecule has 2 atom stereocenters. The number of carboxylic acids is 1. The first-order chi connectivity index (χ1) is 15.0. The van der Waals surface area contributed by atoms with Gasteiger partial charge in [-0.3, -0.25) is 0 Å².